The number of aliphatic imine (C=N–C) groups is 1. The third-order valence-electron chi connectivity index (χ3n) is 3.98. The third kappa shape index (κ3) is 1.95. The Balaban J connectivity index is 2.19. The number of carbonyl (C=O) groups is 1. The molecule has 1 aromatic carbocycles. The van der Waals surface area contributed by atoms with Crippen LogP contribution in [-0.2, 0) is 15.1 Å². The molecule has 1 aromatic rings. The lowest BCUT2D eigenvalue weighted by Gasteiger charge is -2.42. The molecule has 2 N–H and O–H groups in total. The van der Waals surface area contributed by atoms with Crippen LogP contribution in [0, 0.1) is 0 Å². The summed E-state index contributed by atoms with van der Waals surface area (Å²) in [6, 6.07) is 7.06. The van der Waals surface area contributed by atoms with Crippen molar-refractivity contribution in [3.8, 4) is 0 Å². The highest BCUT2D eigenvalue weighted by Gasteiger charge is 2.51. The van der Waals surface area contributed by atoms with Gasteiger partial charge in [0, 0.05) is 10.6 Å². The van der Waals surface area contributed by atoms with E-state index in [4.69, 9.17) is 22.1 Å². The molecule has 4 nitrogen and oxygen atoms in total. The Morgan fingerprint density at radius 2 is 2.25 bits per heavy atom. The van der Waals surface area contributed by atoms with Gasteiger partial charge < -0.3 is 10.5 Å². The highest BCUT2D eigenvalue weighted by molar-refractivity contribution is 6.32. The van der Waals surface area contributed by atoms with Gasteiger partial charge in [-0.15, -0.1) is 0 Å². The standard InChI is InChI=1S/C15H17ClN2O2/c1-9(17)14-18-15(10-5-2-3-6-11(10)16)8-4-7-12(20-14)13(15)19/h2-3,5-6,9,12H,4,7-8,17H2,1H3/t9-,12?,15?/m0/s1. The van der Waals surface area contributed by atoms with Gasteiger partial charge in [-0.3, -0.25) is 4.79 Å². The van der Waals surface area contributed by atoms with Crippen molar-refractivity contribution in [3.05, 3.63) is 34.9 Å². The van der Waals surface area contributed by atoms with E-state index in [-0.39, 0.29) is 11.8 Å². The van der Waals surface area contributed by atoms with Gasteiger partial charge in [0.15, 0.2) is 11.6 Å². The SMILES string of the molecule is C[C@H](N)C1=NC2(c3ccccc3Cl)CCCC(O1)C2=O. The summed E-state index contributed by atoms with van der Waals surface area (Å²) in [7, 11) is 0. The predicted molar refractivity (Wildman–Crippen MR) is 77.9 cm³/mol. The maximum Gasteiger partial charge on any atom is 0.205 e. The summed E-state index contributed by atoms with van der Waals surface area (Å²) in [5.41, 5.74) is 5.74. The smallest absolute Gasteiger partial charge is 0.205 e. The van der Waals surface area contributed by atoms with Crippen LogP contribution < -0.4 is 5.73 Å². The predicted octanol–water partition coefficient (Wildman–Crippen LogP) is 2.43. The number of ketones is 1. The number of hydrogen-bond donors (Lipinski definition) is 1. The van der Waals surface area contributed by atoms with E-state index in [9.17, 15) is 4.79 Å². The molecule has 0 aromatic heterocycles. The van der Waals surface area contributed by atoms with Gasteiger partial charge in [-0.25, -0.2) is 4.99 Å². The fraction of sp³-hybridized carbons (Fsp3) is 0.467. The van der Waals surface area contributed by atoms with Crippen molar-refractivity contribution >= 4 is 23.3 Å². The first-order chi connectivity index (χ1) is 9.54. The fourth-order valence-electron chi connectivity index (χ4n) is 2.98. The lowest BCUT2D eigenvalue weighted by atomic mass is 9.74. The highest BCUT2D eigenvalue weighted by Crippen LogP contribution is 2.44. The van der Waals surface area contributed by atoms with Crippen LogP contribution in [0.15, 0.2) is 29.3 Å². The molecule has 2 unspecified atom stereocenters. The minimum absolute atomic E-state index is 0.00116. The number of hydrogen-bond acceptors (Lipinski definition) is 4. The highest BCUT2D eigenvalue weighted by atomic mass is 35.5. The van der Waals surface area contributed by atoms with Gasteiger partial charge >= 0.3 is 0 Å². The van der Waals surface area contributed by atoms with E-state index in [1.165, 1.54) is 0 Å². The van der Waals surface area contributed by atoms with Crippen molar-refractivity contribution in [2.45, 2.75) is 43.9 Å². The molecule has 0 amide bonds. The average molecular weight is 293 g/mol. The Hall–Kier alpha value is -1.39. The molecule has 1 fully saturated rings. The summed E-state index contributed by atoms with van der Waals surface area (Å²) in [5, 5.41) is 0.566. The number of ether oxygens (including phenoxy) is 1. The average Bonchev–Trinajstić information content (AvgIpc) is 2.39. The molecule has 1 aliphatic carbocycles. The number of nitrogens with zero attached hydrogens (tertiary/aromatic N) is 1. The number of benzene rings is 1. The van der Waals surface area contributed by atoms with Crippen molar-refractivity contribution < 1.29 is 9.53 Å². The van der Waals surface area contributed by atoms with E-state index in [2.05, 4.69) is 4.99 Å². The molecule has 1 saturated carbocycles. The zero-order valence-electron chi connectivity index (χ0n) is 11.3. The van der Waals surface area contributed by atoms with E-state index in [1.807, 2.05) is 25.1 Å². The maximum atomic E-state index is 12.7. The number of Topliss-reactive ketones (excluding diaryl/α,β-unsaturated/α-hetero) is 1. The number of fused-ring (bicyclic) bond motifs is 2. The van der Waals surface area contributed by atoms with Crippen molar-refractivity contribution in [1.29, 1.82) is 0 Å². The van der Waals surface area contributed by atoms with E-state index >= 15 is 0 Å². The topological polar surface area (TPSA) is 64.7 Å². The second-order valence-corrected chi connectivity index (χ2v) is 5.85. The van der Waals surface area contributed by atoms with Crippen LogP contribution in [0.3, 0.4) is 0 Å². The van der Waals surface area contributed by atoms with Gasteiger partial charge in [-0.2, -0.15) is 0 Å². The van der Waals surface area contributed by atoms with E-state index < -0.39 is 11.6 Å². The molecular formula is C15H17ClN2O2. The summed E-state index contributed by atoms with van der Waals surface area (Å²) < 4.78 is 5.65. The monoisotopic (exact) mass is 292 g/mol. The second-order valence-electron chi connectivity index (χ2n) is 5.44. The van der Waals surface area contributed by atoms with Crippen molar-refractivity contribution in [2.75, 3.05) is 0 Å². The lowest BCUT2D eigenvalue weighted by Crippen LogP contribution is -2.53. The summed E-state index contributed by atoms with van der Waals surface area (Å²) in [5.74, 6) is 0.454. The minimum atomic E-state index is -0.914. The molecular weight excluding hydrogens is 276 g/mol. The molecule has 0 radical (unpaired) electrons. The van der Waals surface area contributed by atoms with Crippen molar-refractivity contribution in [3.63, 3.8) is 0 Å². The molecule has 20 heavy (non-hydrogen) atoms. The van der Waals surface area contributed by atoms with E-state index in [0.29, 0.717) is 17.3 Å². The first kappa shape index (κ1) is 13.6. The molecule has 5 heteroatoms. The summed E-state index contributed by atoms with van der Waals surface area (Å²) in [6.07, 6.45) is 1.82. The quantitative estimate of drug-likeness (QED) is 0.910. The van der Waals surface area contributed by atoms with Gasteiger partial charge in [0.1, 0.15) is 0 Å². The largest absolute Gasteiger partial charge is 0.468 e. The van der Waals surface area contributed by atoms with E-state index in [0.717, 1.165) is 18.4 Å². The number of halogens is 1. The fourth-order valence-corrected chi connectivity index (χ4v) is 3.27. The Kier molecular flexibility index (Phi) is 3.30. The molecule has 3 atom stereocenters. The Labute approximate surface area is 123 Å². The molecule has 1 aliphatic heterocycles. The van der Waals surface area contributed by atoms with Crippen molar-refractivity contribution in [1.82, 2.24) is 0 Å². The lowest BCUT2D eigenvalue weighted by molar-refractivity contribution is -0.137. The maximum absolute atomic E-state index is 12.7. The Morgan fingerprint density at radius 3 is 2.95 bits per heavy atom. The minimum Gasteiger partial charge on any atom is -0.468 e. The van der Waals surface area contributed by atoms with Crippen LogP contribution in [0.4, 0.5) is 0 Å². The van der Waals surface area contributed by atoms with Crippen LogP contribution in [0.1, 0.15) is 31.7 Å². The number of carbonyl (C=O) groups excluding carboxylic acids is 1. The third-order valence-corrected chi connectivity index (χ3v) is 4.31. The van der Waals surface area contributed by atoms with Crippen LogP contribution in [0.5, 0.6) is 0 Å². The van der Waals surface area contributed by atoms with Gasteiger partial charge in [0.05, 0.1) is 6.04 Å². The normalized spacial score (nSPS) is 30.4. The zero-order chi connectivity index (χ0) is 14.3. The first-order valence-corrected chi connectivity index (χ1v) is 7.24. The summed E-state index contributed by atoms with van der Waals surface area (Å²) in [6.45, 7) is 1.81. The second kappa shape index (κ2) is 4.86. The van der Waals surface area contributed by atoms with Gasteiger partial charge in [-0.1, -0.05) is 29.8 Å². The summed E-state index contributed by atoms with van der Waals surface area (Å²) in [4.78, 5) is 17.3. The first-order valence-electron chi connectivity index (χ1n) is 6.86. The van der Waals surface area contributed by atoms with Crippen LogP contribution in [0.25, 0.3) is 0 Å². The number of rotatable bonds is 2. The van der Waals surface area contributed by atoms with Crippen molar-refractivity contribution in [2.24, 2.45) is 10.7 Å². The van der Waals surface area contributed by atoms with Crippen LogP contribution >= 0.6 is 11.6 Å². The van der Waals surface area contributed by atoms with Gasteiger partial charge in [0.2, 0.25) is 11.7 Å². The van der Waals surface area contributed by atoms with Gasteiger partial charge in [-0.05, 0) is 32.3 Å². The van der Waals surface area contributed by atoms with E-state index in [1.54, 1.807) is 6.07 Å². The van der Waals surface area contributed by atoms with Crippen LogP contribution in [0.2, 0.25) is 5.02 Å². The van der Waals surface area contributed by atoms with Crippen LogP contribution in [-0.4, -0.2) is 23.8 Å². The number of nitrogens with two attached hydrogens (primary N) is 1. The molecule has 2 bridgehead atoms. The van der Waals surface area contributed by atoms with Gasteiger partial charge in [0.25, 0.3) is 0 Å². The Morgan fingerprint density at radius 1 is 1.50 bits per heavy atom. The molecule has 2 aliphatic rings. The summed E-state index contributed by atoms with van der Waals surface area (Å²) >= 11 is 6.30. The molecule has 1 heterocycles. The molecule has 106 valence electrons. The zero-order valence-corrected chi connectivity index (χ0v) is 12.1. The molecule has 0 spiro atoms. The molecule has 0 saturated heterocycles. The Bertz CT molecular complexity index is 585. The molecule has 3 rings (SSSR count).